The fourth-order valence-corrected chi connectivity index (χ4v) is 3.47. The number of aliphatic imine (C=N–C) groups is 1. The molecule has 25 heavy (non-hydrogen) atoms. The molecule has 1 aromatic carbocycles. The first-order valence-corrected chi connectivity index (χ1v) is 9.29. The van der Waals surface area contributed by atoms with Crippen LogP contribution in [-0.2, 0) is 9.47 Å². The zero-order valence-corrected chi connectivity index (χ0v) is 16.0. The second-order valence-corrected chi connectivity index (χ2v) is 6.86. The molecule has 0 aromatic heterocycles. The third-order valence-electron chi connectivity index (χ3n) is 4.99. The van der Waals surface area contributed by atoms with Crippen molar-refractivity contribution in [1.82, 2.24) is 5.06 Å². The van der Waals surface area contributed by atoms with Gasteiger partial charge in [0, 0.05) is 19.8 Å². The van der Waals surface area contributed by atoms with E-state index in [4.69, 9.17) is 14.5 Å². The Morgan fingerprint density at radius 1 is 1.00 bits per heavy atom. The Hall–Kier alpha value is -1.27. The van der Waals surface area contributed by atoms with E-state index in [2.05, 4.69) is 6.92 Å². The van der Waals surface area contributed by atoms with Crippen molar-refractivity contribution in [2.45, 2.75) is 70.4 Å². The van der Waals surface area contributed by atoms with Gasteiger partial charge in [0.15, 0.2) is 0 Å². The monoisotopic (exact) mass is 348 g/mol. The highest BCUT2D eigenvalue weighted by Crippen LogP contribution is 2.40. The van der Waals surface area contributed by atoms with Gasteiger partial charge in [-0.1, -0.05) is 69.4 Å². The standard InChI is InChI=1S/C20H32N2O3/c1-5-6-7-8-9-13-16-19(2)21-18(17-14-11-10-12-15-17)20(24-3,25-4)22(19)23/h10-12,14-15,23H,5-9,13,16H2,1-4H3/t19-/m1/s1. The van der Waals surface area contributed by atoms with Gasteiger partial charge in [-0.15, -0.1) is 5.06 Å². The summed E-state index contributed by atoms with van der Waals surface area (Å²) in [4.78, 5) is 4.84. The molecule has 1 N–H and O–H groups in total. The van der Waals surface area contributed by atoms with Crippen LogP contribution in [0, 0.1) is 0 Å². The van der Waals surface area contributed by atoms with Crippen LogP contribution in [0.3, 0.4) is 0 Å². The Balaban J connectivity index is 2.17. The minimum atomic E-state index is -1.38. The number of methoxy groups -OCH3 is 2. The van der Waals surface area contributed by atoms with Gasteiger partial charge in [-0.05, 0) is 19.8 Å². The van der Waals surface area contributed by atoms with E-state index < -0.39 is 11.6 Å². The van der Waals surface area contributed by atoms with Crippen molar-refractivity contribution in [2.24, 2.45) is 4.99 Å². The lowest BCUT2D eigenvalue weighted by Crippen LogP contribution is -2.57. The van der Waals surface area contributed by atoms with Crippen molar-refractivity contribution in [1.29, 1.82) is 0 Å². The van der Waals surface area contributed by atoms with Crippen molar-refractivity contribution in [2.75, 3.05) is 14.2 Å². The predicted octanol–water partition coefficient (Wildman–Crippen LogP) is 4.59. The molecular formula is C20H32N2O3. The van der Waals surface area contributed by atoms with Crippen molar-refractivity contribution in [3.8, 4) is 0 Å². The number of hydroxylamine groups is 2. The second kappa shape index (κ2) is 8.90. The van der Waals surface area contributed by atoms with E-state index in [1.54, 1.807) is 0 Å². The fourth-order valence-electron chi connectivity index (χ4n) is 3.47. The van der Waals surface area contributed by atoms with Crippen LogP contribution >= 0.6 is 0 Å². The van der Waals surface area contributed by atoms with Crippen LogP contribution < -0.4 is 0 Å². The molecule has 5 nitrogen and oxygen atoms in total. The Morgan fingerprint density at radius 3 is 2.20 bits per heavy atom. The molecular weight excluding hydrogens is 316 g/mol. The van der Waals surface area contributed by atoms with Crippen molar-refractivity contribution < 1.29 is 14.7 Å². The molecule has 0 aliphatic carbocycles. The second-order valence-electron chi connectivity index (χ2n) is 6.86. The van der Waals surface area contributed by atoms with Crippen molar-refractivity contribution in [3.63, 3.8) is 0 Å². The lowest BCUT2D eigenvalue weighted by molar-refractivity contribution is -0.362. The molecule has 0 unspecified atom stereocenters. The molecule has 5 heteroatoms. The van der Waals surface area contributed by atoms with Gasteiger partial charge in [-0.2, -0.15) is 0 Å². The third-order valence-corrected chi connectivity index (χ3v) is 4.99. The number of nitrogens with zero attached hydrogens (tertiary/aromatic N) is 2. The normalized spacial score (nSPS) is 23.0. The summed E-state index contributed by atoms with van der Waals surface area (Å²) in [5, 5.41) is 12.0. The van der Waals surface area contributed by atoms with E-state index in [9.17, 15) is 5.21 Å². The summed E-state index contributed by atoms with van der Waals surface area (Å²) in [6, 6.07) is 9.75. The highest BCUT2D eigenvalue weighted by Gasteiger charge is 2.57. The molecule has 1 aromatic rings. The smallest absolute Gasteiger partial charge is 0.300 e. The van der Waals surface area contributed by atoms with Crippen molar-refractivity contribution in [3.05, 3.63) is 35.9 Å². The number of ether oxygens (including phenoxy) is 2. The summed E-state index contributed by atoms with van der Waals surface area (Å²) in [5.74, 6) is -1.38. The lowest BCUT2D eigenvalue weighted by atomic mass is 10.0. The van der Waals surface area contributed by atoms with Gasteiger partial charge in [0.05, 0.1) is 0 Å². The topological polar surface area (TPSA) is 54.3 Å². The average molecular weight is 348 g/mol. The summed E-state index contributed by atoms with van der Waals surface area (Å²) in [6.07, 6.45) is 7.94. The molecule has 0 bridgehead atoms. The number of hydrogen-bond acceptors (Lipinski definition) is 5. The Labute approximate surface area is 151 Å². The maximum absolute atomic E-state index is 10.9. The molecule has 0 amide bonds. The highest BCUT2D eigenvalue weighted by atomic mass is 16.8. The van der Waals surface area contributed by atoms with Crippen LogP contribution in [0.2, 0.25) is 0 Å². The Morgan fingerprint density at radius 2 is 1.60 bits per heavy atom. The minimum absolute atomic E-state index is 0.606. The first-order chi connectivity index (χ1) is 12.0. The van der Waals surface area contributed by atoms with Crippen LogP contribution in [0.25, 0.3) is 0 Å². The van der Waals surface area contributed by atoms with Crippen LogP contribution in [0.4, 0.5) is 0 Å². The highest BCUT2D eigenvalue weighted by molar-refractivity contribution is 6.06. The molecule has 1 heterocycles. The van der Waals surface area contributed by atoms with Crippen molar-refractivity contribution >= 4 is 5.71 Å². The summed E-state index contributed by atoms with van der Waals surface area (Å²) in [5.41, 5.74) is 0.730. The number of unbranched alkanes of at least 4 members (excludes halogenated alkanes) is 5. The molecule has 2 rings (SSSR count). The summed E-state index contributed by atoms with van der Waals surface area (Å²) in [6.45, 7) is 4.15. The largest absolute Gasteiger partial charge is 0.334 e. The van der Waals surface area contributed by atoms with E-state index in [0.29, 0.717) is 5.71 Å². The maximum atomic E-state index is 10.9. The predicted molar refractivity (Wildman–Crippen MR) is 99.8 cm³/mol. The molecule has 0 spiro atoms. The van der Waals surface area contributed by atoms with E-state index in [-0.39, 0.29) is 0 Å². The summed E-state index contributed by atoms with van der Waals surface area (Å²) < 4.78 is 11.2. The molecule has 0 fully saturated rings. The van der Waals surface area contributed by atoms with Gasteiger partial charge >= 0.3 is 0 Å². The van der Waals surface area contributed by atoms with Crippen LogP contribution in [0.1, 0.15) is 64.4 Å². The molecule has 0 saturated carbocycles. The van der Waals surface area contributed by atoms with Gasteiger partial charge < -0.3 is 14.7 Å². The average Bonchev–Trinajstić information content (AvgIpc) is 2.87. The fraction of sp³-hybridized carbons (Fsp3) is 0.650. The van der Waals surface area contributed by atoms with E-state index in [0.717, 1.165) is 29.9 Å². The zero-order chi connectivity index (χ0) is 18.3. The summed E-state index contributed by atoms with van der Waals surface area (Å²) >= 11 is 0. The summed E-state index contributed by atoms with van der Waals surface area (Å²) in [7, 11) is 3.06. The minimum Gasteiger partial charge on any atom is -0.334 e. The van der Waals surface area contributed by atoms with E-state index >= 15 is 0 Å². The van der Waals surface area contributed by atoms with Gasteiger partial charge in [0.25, 0.3) is 5.91 Å². The van der Waals surface area contributed by atoms with E-state index in [1.807, 2.05) is 37.3 Å². The van der Waals surface area contributed by atoms with Gasteiger partial charge in [-0.25, -0.2) is 0 Å². The number of hydrogen-bond donors (Lipinski definition) is 1. The van der Waals surface area contributed by atoms with Crippen LogP contribution in [0.5, 0.6) is 0 Å². The van der Waals surface area contributed by atoms with Crippen LogP contribution in [0.15, 0.2) is 35.3 Å². The van der Waals surface area contributed by atoms with E-state index in [1.165, 1.54) is 39.9 Å². The van der Waals surface area contributed by atoms with Gasteiger partial charge in [0.2, 0.25) is 0 Å². The molecule has 0 saturated heterocycles. The zero-order valence-electron chi connectivity index (χ0n) is 16.0. The molecule has 0 radical (unpaired) electrons. The molecule has 1 aliphatic rings. The maximum Gasteiger partial charge on any atom is 0.300 e. The lowest BCUT2D eigenvalue weighted by Gasteiger charge is -2.38. The van der Waals surface area contributed by atoms with Gasteiger partial charge in [-0.3, -0.25) is 4.99 Å². The first kappa shape index (κ1) is 20.0. The Bertz CT molecular complexity index is 557. The molecule has 1 aliphatic heterocycles. The Kier molecular flexibility index (Phi) is 7.14. The SMILES string of the molecule is CCCCCCCC[C@]1(C)N=C(c2ccccc2)C(OC)(OC)N1O. The van der Waals surface area contributed by atoms with Gasteiger partial charge in [0.1, 0.15) is 11.4 Å². The third kappa shape index (κ3) is 4.11. The van der Waals surface area contributed by atoms with Crippen LogP contribution in [-0.4, -0.2) is 41.8 Å². The number of rotatable bonds is 10. The first-order valence-electron chi connectivity index (χ1n) is 9.29. The quantitative estimate of drug-likeness (QED) is 0.496. The molecule has 1 atom stereocenters. The number of benzene rings is 1. The molecule has 140 valence electrons.